The summed E-state index contributed by atoms with van der Waals surface area (Å²) in [5, 5.41) is 7.04. The lowest BCUT2D eigenvalue weighted by Crippen LogP contribution is -1.88. The molecule has 0 unspecified atom stereocenters. The zero-order chi connectivity index (χ0) is 18.2. The molecule has 2 nitrogen and oxygen atoms in total. The normalized spacial score (nSPS) is 11.7. The second kappa shape index (κ2) is 6.29. The van der Waals surface area contributed by atoms with Crippen LogP contribution >= 0.6 is 0 Å². The molecule has 0 atom stereocenters. The monoisotopic (exact) mass is 350 g/mol. The number of halogens is 1. The van der Waals surface area contributed by atoms with Gasteiger partial charge in [-0.05, 0) is 45.1 Å². The minimum Gasteiger partial charge on any atom is -0.254 e. The van der Waals surface area contributed by atoms with Gasteiger partial charge in [0, 0.05) is 5.39 Å². The third-order valence-electron chi connectivity index (χ3n) is 4.83. The maximum Gasteiger partial charge on any atom is 0.141 e. The number of aromatic nitrogens is 1. The molecule has 5 rings (SSSR count). The predicted octanol–water partition coefficient (Wildman–Crippen LogP) is 6.43. The van der Waals surface area contributed by atoms with Crippen LogP contribution in [0.1, 0.15) is 5.69 Å². The van der Waals surface area contributed by atoms with E-state index in [4.69, 9.17) is 0 Å². The Balaban J connectivity index is 1.79. The number of fused-ring (bicyclic) bond motifs is 5. The van der Waals surface area contributed by atoms with Crippen LogP contribution < -0.4 is 0 Å². The van der Waals surface area contributed by atoms with Crippen molar-refractivity contribution in [2.45, 2.75) is 0 Å². The van der Waals surface area contributed by atoms with E-state index in [-0.39, 0.29) is 5.82 Å². The molecule has 0 spiro atoms. The summed E-state index contributed by atoms with van der Waals surface area (Å²) in [6, 6.07) is 26.1. The van der Waals surface area contributed by atoms with Crippen LogP contribution in [0.3, 0.4) is 0 Å². The summed E-state index contributed by atoms with van der Waals surface area (Å²) in [4.78, 5) is 8.74. The average Bonchev–Trinajstić information content (AvgIpc) is 2.73. The highest BCUT2D eigenvalue weighted by Crippen LogP contribution is 2.37. The van der Waals surface area contributed by atoms with E-state index in [0.717, 1.165) is 11.1 Å². The Morgan fingerprint density at radius 2 is 1.44 bits per heavy atom. The van der Waals surface area contributed by atoms with E-state index in [1.165, 1.54) is 39.2 Å². The maximum absolute atomic E-state index is 13.1. The fourth-order valence-corrected chi connectivity index (χ4v) is 3.55. The van der Waals surface area contributed by atoms with Gasteiger partial charge in [-0.15, -0.1) is 0 Å². The van der Waals surface area contributed by atoms with Crippen LogP contribution in [0.15, 0.2) is 90.1 Å². The summed E-state index contributed by atoms with van der Waals surface area (Å²) in [5.41, 5.74) is 1.50. The van der Waals surface area contributed by atoms with E-state index in [9.17, 15) is 4.39 Å². The number of rotatable bonds is 2. The topological polar surface area (TPSA) is 25.2 Å². The Kier molecular flexibility index (Phi) is 3.65. The largest absolute Gasteiger partial charge is 0.254 e. The molecule has 0 aliphatic heterocycles. The second-order valence-corrected chi connectivity index (χ2v) is 6.48. The summed E-state index contributed by atoms with van der Waals surface area (Å²) < 4.78 is 13.1. The number of benzene rings is 4. The van der Waals surface area contributed by atoms with Crippen LogP contribution in [0.4, 0.5) is 10.1 Å². The molecule has 0 saturated carbocycles. The Morgan fingerprint density at radius 1 is 0.704 bits per heavy atom. The van der Waals surface area contributed by atoms with Crippen LogP contribution in [-0.2, 0) is 0 Å². The van der Waals surface area contributed by atoms with Crippen molar-refractivity contribution in [3.63, 3.8) is 0 Å². The van der Waals surface area contributed by atoms with Gasteiger partial charge in [0.05, 0.1) is 23.8 Å². The minimum absolute atomic E-state index is 0.352. The van der Waals surface area contributed by atoms with Gasteiger partial charge in [0.1, 0.15) is 5.82 Å². The molecular weight excluding hydrogens is 335 g/mol. The van der Waals surface area contributed by atoms with Crippen molar-refractivity contribution in [2.75, 3.05) is 0 Å². The number of hydrogen-bond acceptors (Lipinski definition) is 2. The lowest BCUT2D eigenvalue weighted by molar-refractivity contribution is 0.621. The number of hydrogen-bond donors (Lipinski definition) is 0. The Morgan fingerprint density at radius 3 is 2.26 bits per heavy atom. The first-order chi connectivity index (χ1) is 13.3. The molecule has 0 aliphatic carbocycles. The highest BCUT2D eigenvalue weighted by Gasteiger charge is 2.08. The molecule has 27 heavy (non-hydrogen) atoms. The predicted molar refractivity (Wildman–Crippen MR) is 110 cm³/mol. The molecule has 0 fully saturated rings. The van der Waals surface area contributed by atoms with Crippen molar-refractivity contribution < 1.29 is 4.39 Å². The zero-order valence-corrected chi connectivity index (χ0v) is 14.4. The van der Waals surface area contributed by atoms with Crippen LogP contribution in [0.5, 0.6) is 0 Å². The van der Waals surface area contributed by atoms with Gasteiger partial charge in [-0.1, -0.05) is 60.7 Å². The molecule has 1 heterocycles. The van der Waals surface area contributed by atoms with Crippen LogP contribution in [0.2, 0.25) is 0 Å². The van der Waals surface area contributed by atoms with Crippen LogP contribution in [-0.4, -0.2) is 11.2 Å². The lowest BCUT2D eigenvalue weighted by atomic mass is 9.96. The van der Waals surface area contributed by atoms with Crippen molar-refractivity contribution in [1.82, 2.24) is 4.98 Å². The van der Waals surface area contributed by atoms with Crippen LogP contribution in [0.25, 0.3) is 32.3 Å². The van der Waals surface area contributed by atoms with Gasteiger partial charge in [0.15, 0.2) is 0 Å². The molecule has 0 bridgehead atoms. The first-order valence-corrected chi connectivity index (χ1v) is 8.78. The SMILES string of the molecule is Fc1ccc(C=Nc2cc3c4ccccc4ccc3c3ccccc23)nc1. The van der Waals surface area contributed by atoms with E-state index in [1.807, 2.05) is 12.1 Å². The number of pyridine rings is 1. The summed E-state index contributed by atoms with van der Waals surface area (Å²) in [6.45, 7) is 0. The van der Waals surface area contributed by atoms with E-state index in [0.29, 0.717) is 5.69 Å². The number of aliphatic imine (C=N–C) groups is 1. The Bertz CT molecular complexity index is 1320. The van der Waals surface area contributed by atoms with Crippen molar-refractivity contribution >= 4 is 44.2 Å². The summed E-state index contributed by atoms with van der Waals surface area (Å²) >= 11 is 0. The van der Waals surface area contributed by atoms with Gasteiger partial charge in [0.2, 0.25) is 0 Å². The quantitative estimate of drug-likeness (QED) is 0.266. The van der Waals surface area contributed by atoms with Crippen molar-refractivity contribution in [3.05, 3.63) is 96.6 Å². The molecule has 3 heteroatoms. The Labute approximate surface area is 155 Å². The number of nitrogens with zero attached hydrogens (tertiary/aromatic N) is 2. The summed E-state index contributed by atoms with van der Waals surface area (Å²) in [6.07, 6.45) is 2.88. The van der Waals surface area contributed by atoms with Crippen LogP contribution in [0, 0.1) is 5.82 Å². The van der Waals surface area contributed by atoms with Crippen molar-refractivity contribution in [3.8, 4) is 0 Å². The van der Waals surface area contributed by atoms with Gasteiger partial charge < -0.3 is 0 Å². The zero-order valence-electron chi connectivity index (χ0n) is 14.4. The van der Waals surface area contributed by atoms with Gasteiger partial charge >= 0.3 is 0 Å². The molecule has 5 aromatic rings. The van der Waals surface area contributed by atoms with Crippen molar-refractivity contribution in [1.29, 1.82) is 0 Å². The minimum atomic E-state index is -0.352. The fourth-order valence-electron chi connectivity index (χ4n) is 3.55. The van der Waals surface area contributed by atoms with Gasteiger partial charge in [-0.3, -0.25) is 9.98 Å². The average molecular weight is 350 g/mol. The molecule has 0 aliphatic rings. The third-order valence-corrected chi connectivity index (χ3v) is 4.83. The van der Waals surface area contributed by atoms with E-state index in [2.05, 4.69) is 64.6 Å². The smallest absolute Gasteiger partial charge is 0.141 e. The Hall–Kier alpha value is -3.59. The first kappa shape index (κ1) is 15.6. The molecule has 0 radical (unpaired) electrons. The summed E-state index contributed by atoms with van der Waals surface area (Å²) in [7, 11) is 0. The highest BCUT2D eigenvalue weighted by molar-refractivity contribution is 6.20. The standard InChI is InChI=1S/C24H15FN2/c25-17-10-11-18(26-14-17)15-27-24-13-23-19-6-2-1-5-16(19)9-12-21(23)20-7-3-4-8-22(20)24/h1-15H. The van der Waals surface area contributed by atoms with Crippen molar-refractivity contribution in [2.24, 2.45) is 4.99 Å². The van der Waals surface area contributed by atoms with Gasteiger partial charge in [0.25, 0.3) is 0 Å². The lowest BCUT2D eigenvalue weighted by Gasteiger charge is -2.10. The maximum atomic E-state index is 13.1. The first-order valence-electron chi connectivity index (χ1n) is 8.78. The van der Waals surface area contributed by atoms with E-state index in [1.54, 1.807) is 12.3 Å². The molecular formula is C24H15FN2. The highest BCUT2D eigenvalue weighted by atomic mass is 19.1. The molecule has 0 saturated heterocycles. The molecule has 4 aromatic carbocycles. The van der Waals surface area contributed by atoms with E-state index < -0.39 is 0 Å². The van der Waals surface area contributed by atoms with E-state index >= 15 is 0 Å². The molecule has 128 valence electrons. The summed E-state index contributed by atoms with van der Waals surface area (Å²) in [5.74, 6) is -0.352. The van der Waals surface area contributed by atoms with Gasteiger partial charge in [-0.2, -0.15) is 0 Å². The fraction of sp³-hybridized carbons (Fsp3) is 0. The molecule has 0 amide bonds. The second-order valence-electron chi connectivity index (χ2n) is 6.48. The van der Waals surface area contributed by atoms with Gasteiger partial charge in [-0.25, -0.2) is 4.39 Å². The molecule has 1 aromatic heterocycles. The third kappa shape index (κ3) is 2.74. The molecule has 0 N–H and O–H groups in total.